The highest BCUT2D eigenvalue weighted by Gasteiger charge is 2.16. The zero-order chi connectivity index (χ0) is 13.7. The molecule has 0 bridgehead atoms. The molecule has 0 aliphatic heterocycles. The average Bonchev–Trinajstić information content (AvgIpc) is 2.92. The van der Waals surface area contributed by atoms with Crippen molar-refractivity contribution in [2.45, 2.75) is 13.3 Å². The van der Waals surface area contributed by atoms with Crippen molar-refractivity contribution in [1.29, 1.82) is 0 Å². The Morgan fingerprint density at radius 3 is 2.79 bits per heavy atom. The number of nitrogens with zero attached hydrogens (tertiary/aromatic N) is 3. The maximum absolute atomic E-state index is 12.1. The third-order valence-corrected chi connectivity index (χ3v) is 2.48. The van der Waals surface area contributed by atoms with Crippen LogP contribution < -0.4 is 0 Å². The molecule has 2 aromatic rings. The third-order valence-electron chi connectivity index (χ3n) is 2.48. The Bertz CT molecular complexity index is 579. The molecule has 1 aromatic carbocycles. The molecule has 0 unspecified atom stereocenters. The molecule has 1 heterocycles. The largest absolute Gasteiger partial charge is 0.466 e. The molecule has 0 aliphatic carbocycles. The Morgan fingerprint density at radius 2 is 2.11 bits per heavy atom. The summed E-state index contributed by atoms with van der Waals surface area (Å²) in [7, 11) is 0. The van der Waals surface area contributed by atoms with E-state index in [0.29, 0.717) is 11.3 Å². The van der Waals surface area contributed by atoms with E-state index in [2.05, 4.69) is 10.3 Å². The number of carbonyl (C=O) groups is 2. The Kier molecular flexibility index (Phi) is 4.02. The van der Waals surface area contributed by atoms with Crippen LogP contribution in [0.25, 0.3) is 5.69 Å². The second kappa shape index (κ2) is 5.90. The molecule has 19 heavy (non-hydrogen) atoms. The maximum atomic E-state index is 12.1. The van der Waals surface area contributed by atoms with Crippen LogP contribution in [-0.4, -0.2) is 33.4 Å². The highest BCUT2D eigenvalue weighted by Crippen LogP contribution is 2.15. The summed E-state index contributed by atoms with van der Waals surface area (Å²) in [5.41, 5.74) is 1.01. The highest BCUT2D eigenvalue weighted by atomic mass is 16.5. The number of esters is 1. The van der Waals surface area contributed by atoms with E-state index >= 15 is 0 Å². The number of ether oxygens (including phenoxy) is 1. The Labute approximate surface area is 110 Å². The van der Waals surface area contributed by atoms with Crippen molar-refractivity contribution in [2.24, 2.45) is 0 Å². The lowest BCUT2D eigenvalue weighted by atomic mass is 10.1. The number of benzene rings is 1. The summed E-state index contributed by atoms with van der Waals surface area (Å²) in [4.78, 5) is 23.4. The second-order valence-electron chi connectivity index (χ2n) is 3.77. The Morgan fingerprint density at radius 1 is 1.32 bits per heavy atom. The van der Waals surface area contributed by atoms with Crippen LogP contribution in [0.1, 0.15) is 23.7 Å². The minimum Gasteiger partial charge on any atom is -0.466 e. The maximum Gasteiger partial charge on any atom is 0.313 e. The van der Waals surface area contributed by atoms with Gasteiger partial charge in [0.25, 0.3) is 0 Å². The molecule has 0 amide bonds. The summed E-state index contributed by atoms with van der Waals surface area (Å²) < 4.78 is 6.25. The molecule has 6 heteroatoms. The number of Topliss-reactive ketones (excluding diaryl/α,β-unsaturated/α-hetero) is 1. The van der Waals surface area contributed by atoms with Gasteiger partial charge in [-0.15, -0.1) is 5.10 Å². The van der Waals surface area contributed by atoms with Crippen molar-refractivity contribution >= 4 is 11.8 Å². The van der Waals surface area contributed by atoms with Gasteiger partial charge in [-0.05, 0) is 19.1 Å². The smallest absolute Gasteiger partial charge is 0.313 e. The first-order valence-corrected chi connectivity index (χ1v) is 5.87. The Hall–Kier alpha value is -2.50. The third kappa shape index (κ3) is 3.04. The molecular weight excluding hydrogens is 246 g/mol. The summed E-state index contributed by atoms with van der Waals surface area (Å²) in [5, 5.41) is 7.54. The lowest BCUT2D eigenvalue weighted by molar-refractivity contribution is -0.141. The molecule has 0 saturated carbocycles. The molecule has 0 saturated heterocycles. The van der Waals surface area contributed by atoms with E-state index in [4.69, 9.17) is 4.74 Å². The first kappa shape index (κ1) is 12.9. The van der Waals surface area contributed by atoms with E-state index in [0.717, 1.165) is 0 Å². The van der Waals surface area contributed by atoms with Gasteiger partial charge in [-0.25, -0.2) is 4.68 Å². The quantitative estimate of drug-likeness (QED) is 0.461. The summed E-state index contributed by atoms with van der Waals surface area (Å²) in [6, 6.07) is 6.92. The van der Waals surface area contributed by atoms with Crippen molar-refractivity contribution in [3.63, 3.8) is 0 Å². The molecule has 0 N–H and O–H groups in total. The van der Waals surface area contributed by atoms with Crippen LogP contribution in [0.15, 0.2) is 36.7 Å². The van der Waals surface area contributed by atoms with Gasteiger partial charge in [-0.2, -0.15) is 0 Å². The van der Waals surface area contributed by atoms with E-state index in [-0.39, 0.29) is 18.8 Å². The van der Waals surface area contributed by atoms with Crippen LogP contribution in [0.3, 0.4) is 0 Å². The van der Waals surface area contributed by atoms with Crippen molar-refractivity contribution in [1.82, 2.24) is 15.0 Å². The number of hydrogen-bond acceptors (Lipinski definition) is 5. The van der Waals surface area contributed by atoms with Crippen LogP contribution >= 0.6 is 0 Å². The molecule has 1 aromatic heterocycles. The predicted octanol–water partition coefficient (Wildman–Crippen LogP) is 1.40. The van der Waals surface area contributed by atoms with Gasteiger partial charge in [0, 0.05) is 5.56 Å². The van der Waals surface area contributed by atoms with Gasteiger partial charge in [0.1, 0.15) is 6.42 Å². The monoisotopic (exact) mass is 259 g/mol. The Balaban J connectivity index is 2.25. The minimum atomic E-state index is -0.527. The molecule has 0 aliphatic rings. The summed E-state index contributed by atoms with van der Waals surface area (Å²) in [5.74, 6) is -0.828. The number of carbonyl (C=O) groups excluding carboxylic acids is 2. The average molecular weight is 259 g/mol. The van der Waals surface area contributed by atoms with Gasteiger partial charge < -0.3 is 4.74 Å². The van der Waals surface area contributed by atoms with Gasteiger partial charge >= 0.3 is 5.97 Å². The number of rotatable bonds is 5. The SMILES string of the molecule is CCOC(=O)CC(=O)c1ccccc1-n1ccnn1. The molecule has 0 spiro atoms. The molecule has 0 atom stereocenters. The van der Waals surface area contributed by atoms with Crippen molar-refractivity contribution in [3.8, 4) is 5.69 Å². The van der Waals surface area contributed by atoms with Gasteiger partial charge in [0.15, 0.2) is 5.78 Å². The lowest BCUT2D eigenvalue weighted by Crippen LogP contribution is -2.13. The summed E-state index contributed by atoms with van der Waals surface area (Å²) >= 11 is 0. The molecule has 6 nitrogen and oxygen atoms in total. The van der Waals surface area contributed by atoms with Crippen LogP contribution in [0.5, 0.6) is 0 Å². The van der Waals surface area contributed by atoms with E-state index in [1.807, 2.05) is 0 Å². The summed E-state index contributed by atoms with van der Waals surface area (Å²) in [6.45, 7) is 1.96. The van der Waals surface area contributed by atoms with Crippen LogP contribution in [0.4, 0.5) is 0 Å². The van der Waals surface area contributed by atoms with Crippen molar-refractivity contribution in [3.05, 3.63) is 42.2 Å². The first-order chi connectivity index (χ1) is 9.22. The zero-order valence-electron chi connectivity index (χ0n) is 10.4. The van der Waals surface area contributed by atoms with Crippen LogP contribution in [-0.2, 0) is 9.53 Å². The molecular formula is C13H13N3O3. The molecule has 0 radical (unpaired) electrons. The van der Waals surface area contributed by atoms with Gasteiger partial charge in [0.05, 0.1) is 24.7 Å². The fourth-order valence-electron chi connectivity index (χ4n) is 1.68. The van der Waals surface area contributed by atoms with Crippen molar-refractivity contribution in [2.75, 3.05) is 6.61 Å². The van der Waals surface area contributed by atoms with Crippen LogP contribution in [0.2, 0.25) is 0 Å². The number of ketones is 1. The lowest BCUT2D eigenvalue weighted by Gasteiger charge is -2.07. The van der Waals surface area contributed by atoms with E-state index < -0.39 is 5.97 Å². The fraction of sp³-hybridized carbons (Fsp3) is 0.231. The van der Waals surface area contributed by atoms with E-state index in [1.54, 1.807) is 37.4 Å². The predicted molar refractivity (Wildman–Crippen MR) is 66.9 cm³/mol. The van der Waals surface area contributed by atoms with Gasteiger partial charge in [0.2, 0.25) is 0 Å². The zero-order valence-corrected chi connectivity index (χ0v) is 10.4. The number of para-hydroxylation sites is 1. The molecule has 98 valence electrons. The first-order valence-electron chi connectivity index (χ1n) is 5.87. The van der Waals surface area contributed by atoms with Crippen molar-refractivity contribution < 1.29 is 14.3 Å². The normalized spacial score (nSPS) is 10.2. The summed E-state index contributed by atoms with van der Waals surface area (Å²) in [6.07, 6.45) is 2.88. The minimum absolute atomic E-state index is 0.261. The highest BCUT2D eigenvalue weighted by molar-refractivity contribution is 6.08. The topological polar surface area (TPSA) is 74.1 Å². The standard InChI is InChI=1S/C13H13N3O3/c1-2-19-13(18)9-12(17)10-5-3-4-6-11(10)16-8-7-14-15-16/h3-8H,2,9H2,1H3. The number of aromatic nitrogens is 3. The molecule has 2 rings (SSSR count). The van der Waals surface area contributed by atoms with Gasteiger partial charge in [-0.1, -0.05) is 17.3 Å². The fourth-order valence-corrected chi connectivity index (χ4v) is 1.68. The molecule has 0 fully saturated rings. The van der Waals surface area contributed by atoms with Crippen LogP contribution in [0, 0.1) is 0 Å². The second-order valence-corrected chi connectivity index (χ2v) is 3.77. The van der Waals surface area contributed by atoms with E-state index in [9.17, 15) is 9.59 Å². The van der Waals surface area contributed by atoms with Gasteiger partial charge in [-0.3, -0.25) is 9.59 Å². The van der Waals surface area contributed by atoms with E-state index in [1.165, 1.54) is 10.9 Å². The number of hydrogen-bond donors (Lipinski definition) is 0.